The lowest BCUT2D eigenvalue weighted by Gasteiger charge is -2.30. The molecule has 0 aliphatic carbocycles. The standard InChI is InChI=1S/C14H22N2O/c1-14(2,3)16-9-13-12-8-11(17)5-4-10(12)6-7-15-13/h4-5,8,13,15-17H,6-7,9H2,1-3H3. The molecular weight excluding hydrogens is 212 g/mol. The van der Waals surface area contributed by atoms with Gasteiger partial charge in [-0.25, -0.2) is 0 Å². The highest BCUT2D eigenvalue weighted by Gasteiger charge is 2.21. The molecule has 3 N–H and O–H groups in total. The zero-order chi connectivity index (χ0) is 12.5. The van der Waals surface area contributed by atoms with Crippen molar-refractivity contribution in [2.75, 3.05) is 13.1 Å². The van der Waals surface area contributed by atoms with E-state index < -0.39 is 0 Å². The molecule has 0 saturated carbocycles. The van der Waals surface area contributed by atoms with E-state index in [1.54, 1.807) is 6.07 Å². The molecule has 3 heteroatoms. The van der Waals surface area contributed by atoms with Gasteiger partial charge in [0.2, 0.25) is 0 Å². The summed E-state index contributed by atoms with van der Waals surface area (Å²) in [5.41, 5.74) is 2.70. The van der Waals surface area contributed by atoms with Crippen molar-refractivity contribution in [2.45, 2.75) is 38.8 Å². The Kier molecular flexibility index (Phi) is 3.40. The van der Waals surface area contributed by atoms with E-state index in [0.717, 1.165) is 19.5 Å². The second kappa shape index (κ2) is 4.67. The van der Waals surface area contributed by atoms with Crippen molar-refractivity contribution < 1.29 is 5.11 Å². The van der Waals surface area contributed by atoms with Crippen molar-refractivity contribution >= 4 is 0 Å². The van der Waals surface area contributed by atoms with Crippen LogP contribution in [-0.2, 0) is 6.42 Å². The lowest BCUT2D eigenvalue weighted by atomic mass is 9.93. The van der Waals surface area contributed by atoms with Crippen LogP contribution in [0.2, 0.25) is 0 Å². The largest absolute Gasteiger partial charge is 0.508 e. The first kappa shape index (κ1) is 12.4. The summed E-state index contributed by atoms with van der Waals surface area (Å²) in [5.74, 6) is 0.355. The van der Waals surface area contributed by atoms with E-state index in [1.165, 1.54) is 11.1 Å². The van der Waals surface area contributed by atoms with Crippen LogP contribution < -0.4 is 10.6 Å². The minimum atomic E-state index is 0.121. The molecule has 1 heterocycles. The first-order valence-corrected chi connectivity index (χ1v) is 6.26. The van der Waals surface area contributed by atoms with E-state index in [4.69, 9.17) is 0 Å². The Labute approximate surface area is 103 Å². The van der Waals surface area contributed by atoms with Crippen LogP contribution in [-0.4, -0.2) is 23.7 Å². The highest BCUT2D eigenvalue weighted by Crippen LogP contribution is 2.26. The highest BCUT2D eigenvalue weighted by atomic mass is 16.3. The van der Waals surface area contributed by atoms with Crippen LogP contribution in [0.5, 0.6) is 5.75 Å². The van der Waals surface area contributed by atoms with E-state index in [2.05, 4.69) is 31.4 Å². The Morgan fingerprint density at radius 1 is 1.41 bits per heavy atom. The van der Waals surface area contributed by atoms with Crippen LogP contribution in [0.15, 0.2) is 18.2 Å². The fourth-order valence-electron chi connectivity index (χ4n) is 2.22. The highest BCUT2D eigenvalue weighted by molar-refractivity contribution is 5.38. The molecule has 0 saturated heterocycles. The first-order valence-electron chi connectivity index (χ1n) is 6.26. The van der Waals surface area contributed by atoms with Crippen molar-refractivity contribution in [3.05, 3.63) is 29.3 Å². The third kappa shape index (κ3) is 3.20. The fraction of sp³-hybridized carbons (Fsp3) is 0.571. The number of nitrogens with one attached hydrogen (secondary N) is 2. The molecule has 1 atom stereocenters. The number of fused-ring (bicyclic) bond motifs is 1. The average molecular weight is 234 g/mol. The van der Waals surface area contributed by atoms with Crippen LogP contribution in [0, 0.1) is 0 Å². The third-order valence-corrected chi connectivity index (χ3v) is 3.13. The molecule has 1 unspecified atom stereocenters. The van der Waals surface area contributed by atoms with Crippen molar-refractivity contribution in [3.63, 3.8) is 0 Å². The minimum absolute atomic E-state index is 0.121. The van der Waals surface area contributed by atoms with E-state index in [0.29, 0.717) is 11.8 Å². The number of rotatable bonds is 2. The van der Waals surface area contributed by atoms with Gasteiger partial charge in [0.15, 0.2) is 0 Å². The molecule has 1 aliphatic rings. The number of phenolic OH excluding ortho intramolecular Hbond substituents is 1. The molecule has 0 spiro atoms. The van der Waals surface area contributed by atoms with Crippen molar-refractivity contribution in [3.8, 4) is 5.75 Å². The van der Waals surface area contributed by atoms with Gasteiger partial charge < -0.3 is 15.7 Å². The molecule has 17 heavy (non-hydrogen) atoms. The number of benzene rings is 1. The second-order valence-electron chi connectivity index (χ2n) is 5.77. The predicted octanol–water partition coefficient (Wildman–Crippen LogP) is 1.97. The maximum absolute atomic E-state index is 9.59. The van der Waals surface area contributed by atoms with E-state index >= 15 is 0 Å². The van der Waals surface area contributed by atoms with Gasteiger partial charge in [-0.05, 0) is 57.0 Å². The number of phenols is 1. The third-order valence-electron chi connectivity index (χ3n) is 3.13. The molecule has 1 aromatic carbocycles. The van der Waals surface area contributed by atoms with Crippen molar-refractivity contribution in [2.24, 2.45) is 0 Å². The lowest BCUT2D eigenvalue weighted by Crippen LogP contribution is -2.43. The molecule has 94 valence electrons. The first-order chi connectivity index (χ1) is 7.96. The molecule has 1 aromatic rings. The minimum Gasteiger partial charge on any atom is -0.508 e. The monoisotopic (exact) mass is 234 g/mol. The molecule has 0 radical (unpaired) electrons. The van der Waals surface area contributed by atoms with Gasteiger partial charge in [0, 0.05) is 18.1 Å². The summed E-state index contributed by atoms with van der Waals surface area (Å²) >= 11 is 0. The maximum atomic E-state index is 9.59. The zero-order valence-electron chi connectivity index (χ0n) is 10.9. The van der Waals surface area contributed by atoms with Crippen LogP contribution in [0.3, 0.4) is 0 Å². The summed E-state index contributed by atoms with van der Waals surface area (Å²) in [7, 11) is 0. The number of hydrogen-bond acceptors (Lipinski definition) is 3. The van der Waals surface area contributed by atoms with Crippen LogP contribution in [0.1, 0.15) is 37.9 Å². The van der Waals surface area contributed by atoms with E-state index in [9.17, 15) is 5.11 Å². The topological polar surface area (TPSA) is 44.3 Å². The Bertz CT molecular complexity index is 396. The molecule has 0 aromatic heterocycles. The molecule has 2 rings (SSSR count). The van der Waals surface area contributed by atoms with Gasteiger partial charge in [-0.1, -0.05) is 6.07 Å². The van der Waals surface area contributed by atoms with Crippen molar-refractivity contribution in [1.29, 1.82) is 0 Å². The van der Waals surface area contributed by atoms with Crippen LogP contribution in [0.4, 0.5) is 0 Å². The second-order valence-corrected chi connectivity index (χ2v) is 5.77. The quantitative estimate of drug-likeness (QED) is 0.733. The van der Waals surface area contributed by atoms with Crippen molar-refractivity contribution in [1.82, 2.24) is 10.6 Å². The number of hydrogen-bond donors (Lipinski definition) is 3. The SMILES string of the molecule is CC(C)(C)NCC1NCCc2ccc(O)cc21. The summed E-state index contributed by atoms with van der Waals surface area (Å²) in [6.07, 6.45) is 1.04. The van der Waals surface area contributed by atoms with Crippen LogP contribution in [0.25, 0.3) is 0 Å². The Morgan fingerprint density at radius 2 is 2.18 bits per heavy atom. The number of aromatic hydroxyl groups is 1. The summed E-state index contributed by atoms with van der Waals surface area (Å²) < 4.78 is 0. The van der Waals surface area contributed by atoms with Crippen LogP contribution >= 0.6 is 0 Å². The summed E-state index contributed by atoms with van der Waals surface area (Å²) in [6.45, 7) is 8.39. The molecule has 3 nitrogen and oxygen atoms in total. The Balaban J connectivity index is 2.14. The summed E-state index contributed by atoms with van der Waals surface area (Å²) in [4.78, 5) is 0. The average Bonchev–Trinajstić information content (AvgIpc) is 2.25. The van der Waals surface area contributed by atoms with Gasteiger partial charge in [-0.15, -0.1) is 0 Å². The molecule has 1 aliphatic heterocycles. The van der Waals surface area contributed by atoms with E-state index in [1.807, 2.05) is 12.1 Å². The molecule has 0 bridgehead atoms. The van der Waals surface area contributed by atoms with Gasteiger partial charge in [0.1, 0.15) is 5.75 Å². The summed E-state index contributed by atoms with van der Waals surface area (Å²) in [5, 5.41) is 16.6. The zero-order valence-corrected chi connectivity index (χ0v) is 10.9. The molecule has 0 fully saturated rings. The lowest BCUT2D eigenvalue weighted by molar-refractivity contribution is 0.374. The molecule has 0 amide bonds. The van der Waals surface area contributed by atoms with Gasteiger partial charge in [-0.2, -0.15) is 0 Å². The maximum Gasteiger partial charge on any atom is 0.115 e. The van der Waals surface area contributed by atoms with E-state index in [-0.39, 0.29) is 5.54 Å². The van der Waals surface area contributed by atoms with Gasteiger partial charge >= 0.3 is 0 Å². The smallest absolute Gasteiger partial charge is 0.115 e. The molecular formula is C14H22N2O. The Hall–Kier alpha value is -1.06. The summed E-state index contributed by atoms with van der Waals surface area (Å²) in [6, 6.07) is 6.00. The van der Waals surface area contributed by atoms with Gasteiger partial charge in [0.25, 0.3) is 0 Å². The fourth-order valence-corrected chi connectivity index (χ4v) is 2.22. The predicted molar refractivity (Wildman–Crippen MR) is 70.3 cm³/mol. The normalized spacial score (nSPS) is 20.1. The van der Waals surface area contributed by atoms with Gasteiger partial charge in [-0.3, -0.25) is 0 Å². The Morgan fingerprint density at radius 3 is 2.88 bits per heavy atom. The van der Waals surface area contributed by atoms with Gasteiger partial charge in [0.05, 0.1) is 0 Å².